The number of halogens is 1. The maximum atomic E-state index is 12.1. The lowest BCUT2D eigenvalue weighted by molar-refractivity contribution is 0.102. The summed E-state index contributed by atoms with van der Waals surface area (Å²) in [5, 5.41) is 4.41. The van der Waals surface area contributed by atoms with Gasteiger partial charge in [-0.05, 0) is 40.2 Å². The molecule has 21 heavy (non-hydrogen) atoms. The minimum atomic E-state index is -3.52. The first-order valence-corrected chi connectivity index (χ1v) is 9.00. The molecule has 0 bridgehead atoms. The Labute approximate surface area is 135 Å². The van der Waals surface area contributed by atoms with Crippen LogP contribution in [0.5, 0.6) is 0 Å². The molecule has 0 spiro atoms. The Morgan fingerprint density at radius 2 is 2.00 bits per heavy atom. The normalized spacial score (nSPS) is 11.6. The Morgan fingerprint density at radius 3 is 2.57 bits per heavy atom. The van der Waals surface area contributed by atoms with Gasteiger partial charge in [0.15, 0.2) is 0 Å². The van der Waals surface area contributed by atoms with E-state index in [9.17, 15) is 13.2 Å². The van der Waals surface area contributed by atoms with Crippen molar-refractivity contribution in [2.75, 3.05) is 19.4 Å². The van der Waals surface area contributed by atoms with Gasteiger partial charge in [0, 0.05) is 25.2 Å². The fourth-order valence-electron chi connectivity index (χ4n) is 1.58. The summed E-state index contributed by atoms with van der Waals surface area (Å²) in [6, 6.07) is 7.88. The van der Waals surface area contributed by atoms with Crippen LogP contribution in [-0.4, -0.2) is 32.7 Å². The number of amides is 1. The quantitative estimate of drug-likeness (QED) is 0.874. The molecule has 0 fully saturated rings. The van der Waals surface area contributed by atoms with Crippen LogP contribution >= 0.6 is 27.3 Å². The van der Waals surface area contributed by atoms with Gasteiger partial charge in [-0.2, -0.15) is 0 Å². The van der Waals surface area contributed by atoms with Gasteiger partial charge < -0.3 is 5.32 Å². The van der Waals surface area contributed by atoms with Gasteiger partial charge in [0.25, 0.3) is 5.91 Å². The predicted molar refractivity (Wildman–Crippen MR) is 87.3 cm³/mol. The van der Waals surface area contributed by atoms with E-state index in [1.165, 1.54) is 37.6 Å². The molecular weight excluding hydrogens is 376 g/mol. The average Bonchev–Trinajstić information content (AvgIpc) is 2.85. The molecular formula is C13H13BrN2O3S2. The fraction of sp³-hybridized carbons (Fsp3) is 0.154. The highest BCUT2D eigenvalue weighted by Gasteiger charge is 2.17. The monoisotopic (exact) mass is 388 g/mol. The highest BCUT2D eigenvalue weighted by molar-refractivity contribution is 9.11. The standard InChI is InChI=1S/C13H13BrN2O3S2/c1-16(2)21(18,19)11-5-3-4-10(7-11)15-13(17)9-6-12(14)20-8-9/h3-8H,1-2H3,(H,15,17). The molecule has 1 aromatic carbocycles. The van der Waals surface area contributed by atoms with E-state index in [4.69, 9.17) is 0 Å². The van der Waals surface area contributed by atoms with E-state index in [1.807, 2.05) is 0 Å². The smallest absolute Gasteiger partial charge is 0.256 e. The summed E-state index contributed by atoms with van der Waals surface area (Å²) in [4.78, 5) is 12.2. The van der Waals surface area contributed by atoms with Crippen LogP contribution in [0.15, 0.2) is 44.4 Å². The number of rotatable bonds is 4. The Kier molecular flexibility index (Phi) is 4.82. The Bertz CT molecular complexity index is 769. The van der Waals surface area contributed by atoms with E-state index in [1.54, 1.807) is 23.6 Å². The van der Waals surface area contributed by atoms with Crippen LogP contribution in [-0.2, 0) is 10.0 Å². The SMILES string of the molecule is CN(C)S(=O)(=O)c1cccc(NC(=O)c2csc(Br)c2)c1. The topological polar surface area (TPSA) is 66.5 Å². The van der Waals surface area contributed by atoms with E-state index in [2.05, 4.69) is 21.2 Å². The van der Waals surface area contributed by atoms with E-state index >= 15 is 0 Å². The second-order valence-electron chi connectivity index (χ2n) is 4.41. The number of hydrogen-bond acceptors (Lipinski definition) is 4. The van der Waals surface area contributed by atoms with Crippen molar-refractivity contribution in [3.05, 3.63) is 45.1 Å². The number of hydrogen-bond donors (Lipinski definition) is 1. The van der Waals surface area contributed by atoms with Gasteiger partial charge in [-0.3, -0.25) is 4.79 Å². The fourth-order valence-corrected chi connectivity index (χ4v) is 3.66. The molecule has 8 heteroatoms. The molecule has 0 aliphatic rings. The second kappa shape index (κ2) is 6.27. The third kappa shape index (κ3) is 3.70. The summed E-state index contributed by atoms with van der Waals surface area (Å²) in [6.07, 6.45) is 0. The van der Waals surface area contributed by atoms with Crippen molar-refractivity contribution >= 4 is 48.9 Å². The molecule has 0 unspecified atom stereocenters. The third-order valence-corrected chi connectivity index (χ3v) is 6.02. The largest absolute Gasteiger partial charge is 0.322 e. The molecule has 1 heterocycles. The lowest BCUT2D eigenvalue weighted by atomic mass is 10.3. The van der Waals surface area contributed by atoms with Crippen molar-refractivity contribution in [2.24, 2.45) is 0 Å². The lowest BCUT2D eigenvalue weighted by Crippen LogP contribution is -2.22. The summed E-state index contributed by atoms with van der Waals surface area (Å²) in [6.45, 7) is 0. The second-order valence-corrected chi connectivity index (χ2v) is 8.85. The number of anilines is 1. The van der Waals surface area contributed by atoms with Crippen LogP contribution in [0.4, 0.5) is 5.69 Å². The zero-order chi connectivity index (χ0) is 15.6. The van der Waals surface area contributed by atoms with Crippen LogP contribution in [0.3, 0.4) is 0 Å². The van der Waals surface area contributed by atoms with Crippen LogP contribution in [0.25, 0.3) is 0 Å². The molecule has 1 amide bonds. The van der Waals surface area contributed by atoms with Gasteiger partial charge in [-0.15, -0.1) is 11.3 Å². The van der Waals surface area contributed by atoms with Crippen molar-refractivity contribution in [3.63, 3.8) is 0 Å². The molecule has 112 valence electrons. The Morgan fingerprint density at radius 1 is 1.29 bits per heavy atom. The Balaban J connectivity index is 2.25. The maximum absolute atomic E-state index is 12.1. The Hall–Kier alpha value is -1.22. The number of sulfonamides is 1. The predicted octanol–water partition coefficient (Wildman–Crippen LogP) is 3.01. The zero-order valence-electron chi connectivity index (χ0n) is 11.3. The van der Waals surface area contributed by atoms with Gasteiger partial charge in [-0.1, -0.05) is 6.07 Å². The average molecular weight is 389 g/mol. The van der Waals surface area contributed by atoms with E-state index in [0.717, 1.165) is 8.09 Å². The molecule has 2 rings (SSSR count). The molecule has 5 nitrogen and oxygen atoms in total. The first-order valence-electron chi connectivity index (χ1n) is 5.88. The molecule has 1 N–H and O–H groups in total. The first-order chi connectivity index (χ1) is 9.80. The van der Waals surface area contributed by atoms with Crippen molar-refractivity contribution in [1.29, 1.82) is 0 Å². The molecule has 0 atom stereocenters. The first kappa shape index (κ1) is 16.2. The van der Waals surface area contributed by atoms with Gasteiger partial charge in [0.1, 0.15) is 0 Å². The maximum Gasteiger partial charge on any atom is 0.256 e. The number of thiophene rings is 1. The van der Waals surface area contributed by atoms with Crippen LogP contribution in [0, 0.1) is 0 Å². The van der Waals surface area contributed by atoms with Gasteiger partial charge in [0.05, 0.1) is 14.2 Å². The van der Waals surface area contributed by atoms with Crippen molar-refractivity contribution in [1.82, 2.24) is 4.31 Å². The van der Waals surface area contributed by atoms with Crippen molar-refractivity contribution in [2.45, 2.75) is 4.90 Å². The third-order valence-electron chi connectivity index (χ3n) is 2.70. The molecule has 0 aliphatic carbocycles. The summed E-state index contributed by atoms with van der Waals surface area (Å²) < 4.78 is 26.1. The number of nitrogens with zero attached hydrogens (tertiary/aromatic N) is 1. The molecule has 0 radical (unpaired) electrons. The van der Waals surface area contributed by atoms with Crippen LogP contribution in [0.1, 0.15) is 10.4 Å². The van der Waals surface area contributed by atoms with Gasteiger partial charge in [-0.25, -0.2) is 12.7 Å². The number of carbonyl (C=O) groups excluding carboxylic acids is 1. The molecule has 0 saturated carbocycles. The molecule has 0 aliphatic heterocycles. The number of nitrogens with one attached hydrogen (secondary N) is 1. The molecule has 0 saturated heterocycles. The number of carbonyl (C=O) groups is 1. The van der Waals surface area contributed by atoms with Crippen molar-refractivity contribution in [3.8, 4) is 0 Å². The minimum absolute atomic E-state index is 0.136. The number of benzene rings is 1. The summed E-state index contributed by atoms with van der Waals surface area (Å²) in [5.41, 5.74) is 0.956. The zero-order valence-corrected chi connectivity index (χ0v) is 14.5. The highest BCUT2D eigenvalue weighted by Crippen LogP contribution is 2.22. The molecule has 2 aromatic rings. The summed E-state index contributed by atoms with van der Waals surface area (Å²) >= 11 is 4.70. The van der Waals surface area contributed by atoms with E-state index in [-0.39, 0.29) is 10.8 Å². The van der Waals surface area contributed by atoms with E-state index < -0.39 is 10.0 Å². The lowest BCUT2D eigenvalue weighted by Gasteiger charge is -2.12. The summed E-state index contributed by atoms with van der Waals surface area (Å²) in [7, 11) is -0.596. The highest BCUT2D eigenvalue weighted by atomic mass is 79.9. The van der Waals surface area contributed by atoms with Crippen molar-refractivity contribution < 1.29 is 13.2 Å². The minimum Gasteiger partial charge on any atom is -0.322 e. The van der Waals surface area contributed by atoms with Gasteiger partial charge in [0.2, 0.25) is 10.0 Å². The summed E-state index contributed by atoms with van der Waals surface area (Å²) in [5.74, 6) is -0.281. The molecule has 1 aromatic heterocycles. The van der Waals surface area contributed by atoms with Crippen LogP contribution in [0.2, 0.25) is 0 Å². The van der Waals surface area contributed by atoms with E-state index in [0.29, 0.717) is 11.3 Å². The van der Waals surface area contributed by atoms with Gasteiger partial charge >= 0.3 is 0 Å². The van der Waals surface area contributed by atoms with Crippen LogP contribution < -0.4 is 5.32 Å².